The summed E-state index contributed by atoms with van der Waals surface area (Å²) in [5.41, 5.74) is 2.12. The molecule has 0 heterocycles. The highest BCUT2D eigenvalue weighted by molar-refractivity contribution is 5.68. The average Bonchev–Trinajstić information content (AvgIpc) is 2.91. The Morgan fingerprint density at radius 3 is 2.17 bits per heavy atom. The normalized spacial score (nSPS) is 17.8. The van der Waals surface area contributed by atoms with Crippen molar-refractivity contribution in [1.29, 1.82) is 0 Å². The minimum atomic E-state index is -0.239. The number of unbranched alkanes of at least 4 members (excludes halogenated alkanes) is 3. The van der Waals surface area contributed by atoms with Gasteiger partial charge in [0.1, 0.15) is 6.61 Å². The zero-order valence-corrected chi connectivity index (χ0v) is 21.9. The molecule has 0 radical (unpaired) electrons. The fraction of sp³-hybridized carbons (Fsp3) is 0.567. The van der Waals surface area contributed by atoms with Gasteiger partial charge in [0.15, 0.2) is 0 Å². The lowest BCUT2D eigenvalue weighted by Gasteiger charge is -2.36. The molecule has 1 aliphatic carbocycles. The average molecular weight is 497 g/mol. The van der Waals surface area contributed by atoms with Gasteiger partial charge in [-0.25, -0.2) is 4.79 Å². The third kappa shape index (κ3) is 10.3. The van der Waals surface area contributed by atoms with Crippen LogP contribution in [0.5, 0.6) is 0 Å². The molecule has 0 bridgehead atoms. The van der Waals surface area contributed by atoms with E-state index in [0.29, 0.717) is 13.2 Å². The number of carbonyl (C=O) groups is 1. The molecule has 0 spiro atoms. The van der Waals surface area contributed by atoms with Crippen molar-refractivity contribution in [2.45, 2.75) is 76.7 Å². The third-order valence-corrected chi connectivity index (χ3v) is 6.99. The highest BCUT2D eigenvalue weighted by atomic mass is 16.6. The Morgan fingerprint density at radius 2 is 1.50 bits per heavy atom. The summed E-state index contributed by atoms with van der Waals surface area (Å²) < 4.78 is 11.9. The SMILES string of the molecule is CN(CCO)CCCCCCO[C@H]1CC[C@H](N(Cc2ccccc2)C(=O)OCc2ccccc2)CC1. The Balaban J connectivity index is 1.40. The molecule has 6 nitrogen and oxygen atoms in total. The van der Waals surface area contributed by atoms with Crippen LogP contribution in [0.2, 0.25) is 0 Å². The molecule has 1 aliphatic rings. The van der Waals surface area contributed by atoms with E-state index in [0.717, 1.165) is 62.9 Å². The van der Waals surface area contributed by atoms with Gasteiger partial charge >= 0.3 is 6.09 Å². The van der Waals surface area contributed by atoms with Crippen LogP contribution in [0.4, 0.5) is 4.79 Å². The molecule has 3 rings (SSSR count). The maximum atomic E-state index is 13.1. The van der Waals surface area contributed by atoms with Crippen molar-refractivity contribution in [3.63, 3.8) is 0 Å². The summed E-state index contributed by atoms with van der Waals surface area (Å²) in [5, 5.41) is 8.96. The van der Waals surface area contributed by atoms with Crippen LogP contribution in [0.25, 0.3) is 0 Å². The Morgan fingerprint density at radius 1 is 0.861 bits per heavy atom. The quantitative estimate of drug-likeness (QED) is 0.324. The van der Waals surface area contributed by atoms with Gasteiger partial charge in [0.25, 0.3) is 0 Å². The number of hydrogen-bond acceptors (Lipinski definition) is 5. The molecule has 1 amide bonds. The van der Waals surface area contributed by atoms with Gasteiger partial charge in [-0.05, 0) is 63.2 Å². The van der Waals surface area contributed by atoms with Crippen LogP contribution in [0.15, 0.2) is 60.7 Å². The van der Waals surface area contributed by atoms with E-state index >= 15 is 0 Å². The molecule has 198 valence electrons. The van der Waals surface area contributed by atoms with Crippen molar-refractivity contribution in [2.75, 3.05) is 33.4 Å². The zero-order chi connectivity index (χ0) is 25.4. The van der Waals surface area contributed by atoms with Crippen molar-refractivity contribution < 1.29 is 19.4 Å². The lowest BCUT2D eigenvalue weighted by Crippen LogP contribution is -2.43. The molecule has 0 aromatic heterocycles. The molecule has 1 N–H and O–H groups in total. The molecule has 1 fully saturated rings. The first-order chi connectivity index (χ1) is 17.7. The predicted molar refractivity (Wildman–Crippen MR) is 144 cm³/mol. The van der Waals surface area contributed by atoms with Crippen LogP contribution in [-0.2, 0) is 22.6 Å². The van der Waals surface area contributed by atoms with Crippen molar-refractivity contribution in [3.05, 3.63) is 71.8 Å². The van der Waals surface area contributed by atoms with Crippen molar-refractivity contribution in [1.82, 2.24) is 9.80 Å². The van der Waals surface area contributed by atoms with Crippen molar-refractivity contribution >= 4 is 6.09 Å². The van der Waals surface area contributed by atoms with E-state index in [4.69, 9.17) is 14.6 Å². The Labute approximate surface area is 217 Å². The second-order valence-electron chi connectivity index (χ2n) is 9.90. The Hall–Kier alpha value is -2.41. The number of carbonyl (C=O) groups excluding carboxylic acids is 1. The van der Waals surface area contributed by atoms with Gasteiger partial charge in [0.2, 0.25) is 0 Å². The number of amides is 1. The van der Waals surface area contributed by atoms with Gasteiger partial charge in [0.05, 0.1) is 12.7 Å². The molecule has 0 saturated heterocycles. The fourth-order valence-corrected chi connectivity index (χ4v) is 4.82. The number of aliphatic hydroxyl groups excluding tert-OH is 1. The first kappa shape index (κ1) is 28.2. The minimum absolute atomic E-state index is 0.171. The maximum absolute atomic E-state index is 13.1. The number of aliphatic hydroxyl groups is 1. The zero-order valence-electron chi connectivity index (χ0n) is 21.9. The topological polar surface area (TPSA) is 62.2 Å². The van der Waals surface area contributed by atoms with E-state index in [1.165, 1.54) is 19.3 Å². The summed E-state index contributed by atoms with van der Waals surface area (Å²) in [6, 6.07) is 20.2. The summed E-state index contributed by atoms with van der Waals surface area (Å²) in [6.45, 7) is 3.69. The minimum Gasteiger partial charge on any atom is -0.445 e. The van der Waals surface area contributed by atoms with E-state index in [1.807, 2.05) is 53.4 Å². The number of nitrogens with zero attached hydrogens (tertiary/aromatic N) is 2. The lowest BCUT2D eigenvalue weighted by atomic mass is 9.91. The highest BCUT2D eigenvalue weighted by Gasteiger charge is 2.30. The van der Waals surface area contributed by atoms with Gasteiger partial charge in [-0.3, -0.25) is 0 Å². The van der Waals surface area contributed by atoms with Crippen LogP contribution < -0.4 is 0 Å². The van der Waals surface area contributed by atoms with Crippen LogP contribution in [0.3, 0.4) is 0 Å². The van der Waals surface area contributed by atoms with Crippen LogP contribution in [-0.4, -0.2) is 66.5 Å². The summed E-state index contributed by atoms with van der Waals surface area (Å²) in [6.07, 6.45) is 8.53. The van der Waals surface area contributed by atoms with Crippen LogP contribution >= 0.6 is 0 Å². The van der Waals surface area contributed by atoms with Crippen molar-refractivity contribution in [2.24, 2.45) is 0 Å². The number of likely N-dealkylation sites (N-methyl/N-ethyl adjacent to an activating group) is 1. The second-order valence-corrected chi connectivity index (χ2v) is 9.90. The monoisotopic (exact) mass is 496 g/mol. The number of hydrogen-bond donors (Lipinski definition) is 1. The fourth-order valence-electron chi connectivity index (χ4n) is 4.82. The van der Waals surface area contributed by atoms with E-state index < -0.39 is 0 Å². The molecule has 0 unspecified atom stereocenters. The highest BCUT2D eigenvalue weighted by Crippen LogP contribution is 2.27. The molecule has 6 heteroatoms. The molecule has 2 aromatic rings. The first-order valence-electron chi connectivity index (χ1n) is 13.6. The molecule has 1 saturated carbocycles. The molecule has 0 aliphatic heterocycles. The lowest BCUT2D eigenvalue weighted by molar-refractivity contribution is 0.00194. The summed E-state index contributed by atoms with van der Waals surface area (Å²) in [5.74, 6) is 0. The summed E-state index contributed by atoms with van der Waals surface area (Å²) in [7, 11) is 2.06. The van der Waals surface area contributed by atoms with E-state index in [-0.39, 0.29) is 24.8 Å². The number of rotatable bonds is 15. The number of ether oxygens (including phenoxy) is 2. The van der Waals surface area contributed by atoms with Gasteiger partial charge in [0, 0.05) is 25.7 Å². The van der Waals surface area contributed by atoms with Gasteiger partial charge in [-0.1, -0.05) is 73.5 Å². The predicted octanol–water partition coefficient (Wildman–Crippen LogP) is 5.64. The summed E-state index contributed by atoms with van der Waals surface area (Å²) in [4.78, 5) is 17.2. The van der Waals surface area contributed by atoms with Gasteiger partial charge in [-0.15, -0.1) is 0 Å². The molecule has 0 atom stereocenters. The van der Waals surface area contributed by atoms with Gasteiger partial charge < -0.3 is 24.4 Å². The van der Waals surface area contributed by atoms with Crippen LogP contribution in [0, 0.1) is 0 Å². The maximum Gasteiger partial charge on any atom is 0.410 e. The van der Waals surface area contributed by atoms with Crippen LogP contribution in [0.1, 0.15) is 62.5 Å². The smallest absolute Gasteiger partial charge is 0.410 e. The largest absolute Gasteiger partial charge is 0.445 e. The van der Waals surface area contributed by atoms with E-state index in [2.05, 4.69) is 24.1 Å². The Bertz CT molecular complexity index is 841. The molecule has 36 heavy (non-hydrogen) atoms. The van der Waals surface area contributed by atoms with E-state index in [9.17, 15) is 4.79 Å². The molecular formula is C30H44N2O4. The molecule has 2 aromatic carbocycles. The Kier molecular flexibility index (Phi) is 12.8. The first-order valence-corrected chi connectivity index (χ1v) is 13.6. The molecular weight excluding hydrogens is 452 g/mol. The second kappa shape index (κ2) is 16.4. The van der Waals surface area contributed by atoms with Gasteiger partial charge in [-0.2, -0.15) is 0 Å². The third-order valence-electron chi connectivity index (χ3n) is 6.99. The van der Waals surface area contributed by atoms with Crippen molar-refractivity contribution in [3.8, 4) is 0 Å². The number of benzene rings is 2. The summed E-state index contributed by atoms with van der Waals surface area (Å²) >= 11 is 0. The van der Waals surface area contributed by atoms with E-state index in [1.54, 1.807) is 0 Å². The standard InChI is InChI=1S/C30H44N2O4/c1-31(21-22-33)20-10-2-3-11-23-35-29-18-16-28(17-19-29)32(24-26-12-6-4-7-13-26)30(34)36-25-27-14-8-5-9-15-27/h4-9,12-15,28-29,33H,2-3,10-11,16-25H2,1H3/t28-,29-.